The van der Waals surface area contributed by atoms with Crippen LogP contribution in [0.2, 0.25) is 0 Å². The second kappa shape index (κ2) is 11.3. The van der Waals surface area contributed by atoms with Crippen LogP contribution in [-0.4, -0.2) is 44.2 Å². The third-order valence-electron chi connectivity index (χ3n) is 3.60. The molecule has 0 radical (unpaired) electrons. The third-order valence-corrected chi connectivity index (χ3v) is 3.60. The highest BCUT2D eigenvalue weighted by Gasteiger charge is 2.01. The lowest BCUT2D eigenvalue weighted by Gasteiger charge is -2.20. The number of hydrogen-bond acceptors (Lipinski definition) is 3. The molecular formula is C16H35N3. The molecule has 0 spiro atoms. The van der Waals surface area contributed by atoms with Gasteiger partial charge in [-0.25, -0.2) is 0 Å². The molecule has 3 nitrogen and oxygen atoms in total. The molecule has 0 aliphatic carbocycles. The van der Waals surface area contributed by atoms with Crippen molar-refractivity contribution < 1.29 is 0 Å². The summed E-state index contributed by atoms with van der Waals surface area (Å²) >= 11 is 0. The van der Waals surface area contributed by atoms with E-state index < -0.39 is 0 Å². The van der Waals surface area contributed by atoms with Gasteiger partial charge in [0.15, 0.2) is 0 Å². The van der Waals surface area contributed by atoms with Gasteiger partial charge in [-0.15, -0.1) is 0 Å². The summed E-state index contributed by atoms with van der Waals surface area (Å²) in [5.41, 5.74) is 1.16. The zero-order valence-corrected chi connectivity index (χ0v) is 13.8. The highest BCUT2D eigenvalue weighted by molar-refractivity contribution is 4.93. The number of rotatable bonds is 12. The van der Waals surface area contributed by atoms with Crippen LogP contribution in [-0.2, 0) is 0 Å². The maximum Gasteiger partial charge on any atom is 0.0143 e. The molecule has 3 heteroatoms. The summed E-state index contributed by atoms with van der Waals surface area (Å²) in [6, 6.07) is 0.641. The van der Waals surface area contributed by atoms with Crippen LogP contribution in [0.1, 0.15) is 47.0 Å². The van der Waals surface area contributed by atoms with Gasteiger partial charge in [-0.05, 0) is 46.2 Å². The Morgan fingerprint density at radius 1 is 1.00 bits per heavy atom. The van der Waals surface area contributed by atoms with E-state index in [0.717, 1.165) is 31.9 Å². The second-order valence-corrected chi connectivity index (χ2v) is 5.99. The molecule has 2 N–H and O–H groups in total. The van der Waals surface area contributed by atoms with Gasteiger partial charge < -0.3 is 15.5 Å². The molecule has 0 unspecified atom stereocenters. The fraction of sp³-hybridized carbons (Fsp3) is 0.875. The highest BCUT2D eigenvalue weighted by Crippen LogP contribution is 2.02. The molecule has 0 rings (SSSR count). The van der Waals surface area contributed by atoms with E-state index in [1.807, 2.05) is 0 Å². The first-order chi connectivity index (χ1) is 8.95. The van der Waals surface area contributed by atoms with Crippen molar-refractivity contribution in [2.24, 2.45) is 5.92 Å². The first kappa shape index (κ1) is 18.5. The Bertz CT molecular complexity index is 224. The molecule has 0 amide bonds. The summed E-state index contributed by atoms with van der Waals surface area (Å²) in [6.07, 6.45) is 3.78. The molecule has 0 saturated heterocycles. The molecule has 0 aliphatic heterocycles. The van der Waals surface area contributed by atoms with Crippen molar-refractivity contribution in [2.75, 3.05) is 33.2 Å². The molecule has 0 aromatic rings. The van der Waals surface area contributed by atoms with Gasteiger partial charge in [0, 0.05) is 31.4 Å². The monoisotopic (exact) mass is 269 g/mol. The van der Waals surface area contributed by atoms with E-state index in [1.54, 1.807) is 0 Å². The molecular weight excluding hydrogens is 234 g/mol. The van der Waals surface area contributed by atoms with Crippen LogP contribution in [0, 0.1) is 5.92 Å². The fourth-order valence-corrected chi connectivity index (χ4v) is 1.64. The summed E-state index contributed by atoms with van der Waals surface area (Å²) < 4.78 is 0. The van der Waals surface area contributed by atoms with E-state index >= 15 is 0 Å². The van der Waals surface area contributed by atoms with Gasteiger partial charge in [-0.2, -0.15) is 0 Å². The predicted molar refractivity (Wildman–Crippen MR) is 86.5 cm³/mol. The molecule has 0 atom stereocenters. The fourth-order valence-electron chi connectivity index (χ4n) is 1.64. The largest absolute Gasteiger partial charge is 0.389 e. The third kappa shape index (κ3) is 11.0. The van der Waals surface area contributed by atoms with Gasteiger partial charge in [0.1, 0.15) is 0 Å². The van der Waals surface area contributed by atoms with Gasteiger partial charge in [0.2, 0.25) is 0 Å². The van der Waals surface area contributed by atoms with E-state index in [-0.39, 0.29) is 0 Å². The summed E-state index contributed by atoms with van der Waals surface area (Å²) in [5, 5.41) is 6.90. The second-order valence-electron chi connectivity index (χ2n) is 5.99. The molecule has 0 bridgehead atoms. The average molecular weight is 269 g/mol. The topological polar surface area (TPSA) is 27.3 Å². The SMILES string of the molecule is C=C(NCCCCCNCCN(C)C(C)C)C(C)C. The van der Waals surface area contributed by atoms with Crippen molar-refractivity contribution in [1.29, 1.82) is 0 Å². The summed E-state index contributed by atoms with van der Waals surface area (Å²) in [7, 11) is 2.18. The van der Waals surface area contributed by atoms with Crippen molar-refractivity contribution in [3.63, 3.8) is 0 Å². The first-order valence-electron chi connectivity index (χ1n) is 7.78. The van der Waals surface area contributed by atoms with Crippen LogP contribution in [0.5, 0.6) is 0 Å². The zero-order valence-electron chi connectivity index (χ0n) is 13.8. The van der Waals surface area contributed by atoms with Crippen LogP contribution in [0.25, 0.3) is 0 Å². The Morgan fingerprint density at radius 2 is 1.63 bits per heavy atom. The quantitative estimate of drug-likeness (QED) is 0.534. The summed E-state index contributed by atoms with van der Waals surface area (Å²) in [5.74, 6) is 0.541. The van der Waals surface area contributed by atoms with E-state index in [4.69, 9.17) is 0 Å². The Hall–Kier alpha value is -0.540. The number of likely N-dealkylation sites (N-methyl/N-ethyl adjacent to an activating group) is 1. The highest BCUT2D eigenvalue weighted by atomic mass is 15.1. The van der Waals surface area contributed by atoms with Crippen LogP contribution < -0.4 is 10.6 Å². The average Bonchev–Trinajstić information content (AvgIpc) is 2.35. The smallest absolute Gasteiger partial charge is 0.0143 e. The Morgan fingerprint density at radius 3 is 2.21 bits per heavy atom. The molecule has 0 aromatic heterocycles. The van der Waals surface area contributed by atoms with Gasteiger partial charge in [0.25, 0.3) is 0 Å². The Balaban J connectivity index is 3.22. The van der Waals surface area contributed by atoms with Gasteiger partial charge in [-0.3, -0.25) is 0 Å². The predicted octanol–water partition coefficient (Wildman–Crippen LogP) is 2.85. The van der Waals surface area contributed by atoms with Crippen molar-refractivity contribution >= 4 is 0 Å². The maximum atomic E-state index is 4.02. The van der Waals surface area contributed by atoms with Gasteiger partial charge >= 0.3 is 0 Å². The van der Waals surface area contributed by atoms with E-state index in [2.05, 4.69) is 56.9 Å². The van der Waals surface area contributed by atoms with Gasteiger partial charge in [0.05, 0.1) is 0 Å². The Labute approximate surface area is 120 Å². The minimum atomic E-state index is 0.541. The number of nitrogens with one attached hydrogen (secondary N) is 2. The standard InChI is InChI=1S/C16H35N3/c1-14(2)16(5)18-11-9-7-8-10-17-12-13-19(6)15(3)4/h14-15,17-18H,5,7-13H2,1-4,6H3. The Kier molecular flexibility index (Phi) is 11.0. The van der Waals surface area contributed by atoms with E-state index in [0.29, 0.717) is 12.0 Å². The van der Waals surface area contributed by atoms with Crippen LogP contribution in [0.4, 0.5) is 0 Å². The molecule has 0 aliphatic rings. The lowest BCUT2D eigenvalue weighted by atomic mass is 10.1. The van der Waals surface area contributed by atoms with Crippen molar-refractivity contribution in [3.05, 3.63) is 12.3 Å². The normalized spacial score (nSPS) is 11.6. The van der Waals surface area contributed by atoms with Crippen molar-refractivity contribution in [1.82, 2.24) is 15.5 Å². The minimum Gasteiger partial charge on any atom is -0.389 e. The summed E-state index contributed by atoms with van der Waals surface area (Å²) in [4.78, 5) is 2.37. The zero-order chi connectivity index (χ0) is 14.7. The molecule has 0 aromatic carbocycles. The number of hydrogen-bond donors (Lipinski definition) is 2. The first-order valence-corrected chi connectivity index (χ1v) is 7.78. The molecule has 114 valence electrons. The molecule has 19 heavy (non-hydrogen) atoms. The van der Waals surface area contributed by atoms with Crippen LogP contribution in [0.15, 0.2) is 12.3 Å². The van der Waals surface area contributed by atoms with Crippen molar-refractivity contribution in [2.45, 2.75) is 53.0 Å². The molecule has 0 saturated carbocycles. The van der Waals surface area contributed by atoms with E-state index in [1.165, 1.54) is 19.3 Å². The van der Waals surface area contributed by atoms with Crippen LogP contribution in [0.3, 0.4) is 0 Å². The van der Waals surface area contributed by atoms with E-state index in [9.17, 15) is 0 Å². The number of nitrogens with zero attached hydrogens (tertiary/aromatic N) is 1. The maximum absolute atomic E-state index is 4.02. The summed E-state index contributed by atoms with van der Waals surface area (Å²) in [6.45, 7) is 17.3. The number of unbranched alkanes of at least 4 members (excludes halogenated alkanes) is 2. The molecule has 0 fully saturated rings. The number of allylic oxidation sites excluding steroid dienone is 1. The molecule has 0 heterocycles. The minimum absolute atomic E-state index is 0.541. The lowest BCUT2D eigenvalue weighted by Crippen LogP contribution is -2.34. The van der Waals surface area contributed by atoms with Crippen LogP contribution >= 0.6 is 0 Å². The van der Waals surface area contributed by atoms with Crippen molar-refractivity contribution in [3.8, 4) is 0 Å². The van der Waals surface area contributed by atoms with Gasteiger partial charge in [-0.1, -0.05) is 26.8 Å². The lowest BCUT2D eigenvalue weighted by molar-refractivity contribution is 0.273.